The van der Waals surface area contributed by atoms with E-state index in [1.807, 2.05) is 6.07 Å². The maximum absolute atomic E-state index is 11.8. The van der Waals surface area contributed by atoms with Crippen LogP contribution in [0.3, 0.4) is 0 Å². The number of halogens is 1. The van der Waals surface area contributed by atoms with Crippen LogP contribution in [0.5, 0.6) is 11.5 Å². The number of amides is 1. The molecule has 1 aromatic carbocycles. The molecule has 7 nitrogen and oxygen atoms in total. The summed E-state index contributed by atoms with van der Waals surface area (Å²) in [6.07, 6.45) is 0. The number of carbonyl (C=O) groups excluding carboxylic acids is 1. The summed E-state index contributed by atoms with van der Waals surface area (Å²) in [6, 6.07) is 4.85. The number of benzene rings is 1. The summed E-state index contributed by atoms with van der Waals surface area (Å²) in [5, 5.41) is 15.0. The van der Waals surface area contributed by atoms with Crippen LogP contribution in [0.4, 0.5) is 0 Å². The average Bonchev–Trinajstić information content (AvgIpc) is 2.51. The van der Waals surface area contributed by atoms with E-state index >= 15 is 0 Å². The normalized spacial score (nSPS) is 16.8. The first-order chi connectivity index (χ1) is 11.4. The SMILES string of the molecule is COc1cc([C@@H]2NC(=S)NC(C)=C2C(N)=O)cc(Br)c1OCC#N. The van der Waals surface area contributed by atoms with Crippen LogP contribution in [0.15, 0.2) is 27.9 Å². The number of methoxy groups -OCH3 is 1. The van der Waals surface area contributed by atoms with Crippen molar-refractivity contribution < 1.29 is 14.3 Å². The van der Waals surface area contributed by atoms with Gasteiger partial charge < -0.3 is 25.8 Å². The quantitative estimate of drug-likeness (QED) is 0.632. The summed E-state index contributed by atoms with van der Waals surface area (Å²) < 4.78 is 11.3. The lowest BCUT2D eigenvalue weighted by molar-refractivity contribution is -0.115. The van der Waals surface area contributed by atoms with Crippen LogP contribution < -0.4 is 25.8 Å². The minimum absolute atomic E-state index is 0.116. The molecule has 1 atom stereocenters. The number of rotatable bonds is 5. The third-order valence-corrected chi connectivity index (χ3v) is 4.21. The number of nitrogens with zero attached hydrogens (tertiary/aromatic N) is 1. The highest BCUT2D eigenvalue weighted by molar-refractivity contribution is 9.10. The number of carbonyl (C=O) groups is 1. The first-order valence-corrected chi connectivity index (χ1v) is 8.04. The maximum Gasteiger partial charge on any atom is 0.248 e. The van der Waals surface area contributed by atoms with Gasteiger partial charge in [-0.1, -0.05) is 0 Å². The fraction of sp³-hybridized carbons (Fsp3) is 0.267. The Labute approximate surface area is 152 Å². The van der Waals surface area contributed by atoms with E-state index in [4.69, 9.17) is 32.7 Å². The number of nitriles is 1. The van der Waals surface area contributed by atoms with Gasteiger partial charge in [-0.15, -0.1) is 0 Å². The molecule has 0 aromatic heterocycles. The van der Waals surface area contributed by atoms with Crippen LogP contribution in [-0.4, -0.2) is 24.7 Å². The Morgan fingerprint density at radius 3 is 2.83 bits per heavy atom. The summed E-state index contributed by atoms with van der Waals surface area (Å²) in [4.78, 5) is 11.8. The van der Waals surface area contributed by atoms with Crippen molar-refractivity contribution in [3.05, 3.63) is 33.4 Å². The van der Waals surface area contributed by atoms with Crippen molar-refractivity contribution >= 4 is 39.2 Å². The Kier molecular flexibility index (Phi) is 5.64. The summed E-state index contributed by atoms with van der Waals surface area (Å²) in [7, 11) is 1.49. The molecule has 0 unspecified atom stereocenters. The van der Waals surface area contributed by atoms with Gasteiger partial charge in [0.2, 0.25) is 5.91 Å². The second-order valence-corrected chi connectivity index (χ2v) is 6.18. The summed E-state index contributed by atoms with van der Waals surface area (Å²) >= 11 is 8.56. The number of thiocarbonyl (C=S) groups is 1. The molecule has 0 fully saturated rings. The number of primary amides is 1. The summed E-state index contributed by atoms with van der Waals surface area (Å²) in [5.74, 6) is 0.267. The van der Waals surface area contributed by atoms with Gasteiger partial charge >= 0.3 is 0 Å². The Hall–Kier alpha value is -2.31. The van der Waals surface area contributed by atoms with Crippen molar-refractivity contribution in [1.82, 2.24) is 10.6 Å². The Morgan fingerprint density at radius 2 is 2.25 bits per heavy atom. The van der Waals surface area contributed by atoms with Crippen LogP contribution >= 0.6 is 28.1 Å². The molecule has 24 heavy (non-hydrogen) atoms. The van der Waals surface area contributed by atoms with Crippen molar-refractivity contribution in [2.75, 3.05) is 13.7 Å². The largest absolute Gasteiger partial charge is 0.493 e. The second kappa shape index (κ2) is 7.51. The average molecular weight is 411 g/mol. The minimum Gasteiger partial charge on any atom is -0.493 e. The number of hydrogen-bond acceptors (Lipinski definition) is 5. The van der Waals surface area contributed by atoms with Crippen LogP contribution in [0, 0.1) is 11.3 Å². The van der Waals surface area contributed by atoms with Crippen molar-refractivity contribution in [2.45, 2.75) is 13.0 Å². The van der Waals surface area contributed by atoms with Gasteiger partial charge in [-0.3, -0.25) is 4.79 Å². The third kappa shape index (κ3) is 3.60. The van der Waals surface area contributed by atoms with Gasteiger partial charge in [-0.2, -0.15) is 5.26 Å². The van der Waals surface area contributed by atoms with Gasteiger partial charge in [0, 0.05) is 5.70 Å². The molecule has 1 aliphatic heterocycles. The predicted molar refractivity (Wildman–Crippen MR) is 95.3 cm³/mol. The number of hydrogen-bond donors (Lipinski definition) is 3. The number of nitrogens with two attached hydrogens (primary N) is 1. The van der Waals surface area contributed by atoms with Gasteiger partial charge in [-0.05, 0) is 52.8 Å². The van der Waals surface area contributed by atoms with Crippen molar-refractivity contribution in [1.29, 1.82) is 5.26 Å². The molecule has 1 amide bonds. The first kappa shape index (κ1) is 18.0. The molecule has 0 saturated heterocycles. The smallest absolute Gasteiger partial charge is 0.248 e. The van der Waals surface area contributed by atoms with Crippen LogP contribution in [0.1, 0.15) is 18.5 Å². The molecule has 0 aliphatic carbocycles. The van der Waals surface area contributed by atoms with E-state index in [0.29, 0.717) is 37.9 Å². The van der Waals surface area contributed by atoms with Crippen molar-refractivity contribution in [2.24, 2.45) is 5.73 Å². The van der Waals surface area contributed by atoms with Crippen molar-refractivity contribution in [3.63, 3.8) is 0 Å². The van der Waals surface area contributed by atoms with Gasteiger partial charge in [0.05, 0.1) is 23.2 Å². The lowest BCUT2D eigenvalue weighted by Crippen LogP contribution is -2.46. The van der Waals surface area contributed by atoms with E-state index in [2.05, 4.69) is 26.6 Å². The summed E-state index contributed by atoms with van der Waals surface area (Å²) in [5.41, 5.74) is 7.19. The van der Waals surface area contributed by atoms with E-state index in [1.54, 1.807) is 19.1 Å². The maximum atomic E-state index is 11.8. The van der Waals surface area contributed by atoms with Crippen LogP contribution in [-0.2, 0) is 4.79 Å². The minimum atomic E-state index is -0.556. The third-order valence-electron chi connectivity index (χ3n) is 3.40. The number of nitrogens with one attached hydrogen (secondary N) is 2. The molecule has 0 radical (unpaired) electrons. The van der Waals surface area contributed by atoms with Crippen LogP contribution in [0.25, 0.3) is 0 Å². The lowest BCUT2D eigenvalue weighted by atomic mass is 9.95. The highest BCUT2D eigenvalue weighted by Gasteiger charge is 2.29. The van der Waals surface area contributed by atoms with Gasteiger partial charge in [0.25, 0.3) is 0 Å². The topological polar surface area (TPSA) is 109 Å². The molecular formula is C15H15BrN4O3S. The Morgan fingerprint density at radius 1 is 1.54 bits per heavy atom. The van der Waals surface area contributed by atoms with Crippen LogP contribution in [0.2, 0.25) is 0 Å². The zero-order chi connectivity index (χ0) is 17.9. The molecule has 1 aromatic rings. The molecule has 0 bridgehead atoms. The zero-order valence-corrected chi connectivity index (χ0v) is 15.4. The molecule has 4 N–H and O–H groups in total. The molecule has 1 aliphatic rings. The molecule has 9 heteroatoms. The highest BCUT2D eigenvalue weighted by Crippen LogP contribution is 2.40. The van der Waals surface area contributed by atoms with E-state index < -0.39 is 11.9 Å². The monoisotopic (exact) mass is 410 g/mol. The van der Waals surface area contributed by atoms with Crippen molar-refractivity contribution in [3.8, 4) is 17.6 Å². The molecule has 2 rings (SSSR count). The first-order valence-electron chi connectivity index (χ1n) is 6.84. The van der Waals surface area contributed by atoms with E-state index in [1.165, 1.54) is 7.11 Å². The van der Waals surface area contributed by atoms with Gasteiger partial charge in [0.1, 0.15) is 6.07 Å². The fourth-order valence-corrected chi connectivity index (χ4v) is 3.27. The number of ether oxygens (including phenoxy) is 2. The van der Waals surface area contributed by atoms with E-state index in [9.17, 15) is 4.79 Å². The lowest BCUT2D eigenvalue weighted by Gasteiger charge is -2.30. The van der Waals surface area contributed by atoms with Gasteiger partial charge in [-0.25, -0.2) is 0 Å². The standard InChI is InChI=1S/C15H15BrN4O3S/c1-7-11(14(18)21)12(20-15(24)19-7)8-5-9(16)13(23-4-3-17)10(6-8)22-2/h5-6,12H,4H2,1-2H3,(H2,18,21)(H2,19,20,24)/t12-/m0/s1. The van der Waals surface area contributed by atoms with E-state index in [0.717, 1.165) is 0 Å². The molecule has 126 valence electrons. The zero-order valence-electron chi connectivity index (χ0n) is 13.0. The van der Waals surface area contributed by atoms with E-state index in [-0.39, 0.29) is 6.61 Å². The Balaban J connectivity index is 2.53. The molecule has 1 heterocycles. The predicted octanol–water partition coefficient (Wildman–Crippen LogP) is 1.64. The molecular weight excluding hydrogens is 396 g/mol. The molecule has 0 saturated carbocycles. The fourth-order valence-electron chi connectivity index (χ4n) is 2.42. The number of allylic oxidation sites excluding steroid dienone is 1. The van der Waals surface area contributed by atoms with Gasteiger partial charge in [0.15, 0.2) is 23.2 Å². The highest BCUT2D eigenvalue weighted by atomic mass is 79.9. The summed E-state index contributed by atoms with van der Waals surface area (Å²) in [6.45, 7) is 1.62. The Bertz CT molecular complexity index is 773. The molecule has 0 spiro atoms. The second-order valence-electron chi connectivity index (χ2n) is 4.92.